The molecule has 2 aliphatic rings. The monoisotopic (exact) mass is 314 g/mol. The van der Waals surface area contributed by atoms with Crippen molar-refractivity contribution in [2.45, 2.75) is 58.0 Å². The molecule has 1 aliphatic carbocycles. The first kappa shape index (κ1) is 16.7. The minimum absolute atomic E-state index is 0. The Kier molecular flexibility index (Phi) is 6.45. The van der Waals surface area contributed by atoms with Gasteiger partial charge in [-0.15, -0.1) is 12.4 Å². The lowest BCUT2D eigenvalue weighted by atomic mass is 10.0. The maximum Gasteiger partial charge on any atom is 0.226 e. The van der Waals surface area contributed by atoms with E-state index in [9.17, 15) is 0 Å². The van der Waals surface area contributed by atoms with E-state index in [1.807, 2.05) is 0 Å². The molecule has 6 heteroatoms. The van der Waals surface area contributed by atoms with Crippen molar-refractivity contribution in [1.29, 1.82) is 0 Å². The fraction of sp³-hybridized carbons (Fsp3) is 0.867. The third-order valence-electron chi connectivity index (χ3n) is 4.32. The normalized spacial score (nSPS) is 20.4. The zero-order valence-electron chi connectivity index (χ0n) is 12.9. The van der Waals surface area contributed by atoms with Crippen molar-refractivity contribution in [3.63, 3.8) is 0 Å². The Morgan fingerprint density at radius 1 is 1.24 bits per heavy atom. The highest BCUT2D eigenvalue weighted by atomic mass is 35.5. The van der Waals surface area contributed by atoms with Crippen LogP contribution in [-0.4, -0.2) is 40.7 Å². The average molecular weight is 315 g/mol. The summed E-state index contributed by atoms with van der Waals surface area (Å²) in [6.07, 6.45) is 7.30. The predicted molar refractivity (Wildman–Crippen MR) is 84.6 cm³/mol. The number of piperidine rings is 1. The molecule has 1 aliphatic heterocycles. The van der Waals surface area contributed by atoms with Crippen molar-refractivity contribution < 1.29 is 4.52 Å². The first-order valence-corrected chi connectivity index (χ1v) is 8.10. The second-order valence-corrected chi connectivity index (χ2v) is 6.26. The SMILES string of the molecule is CCCc1nc(CN2CCC(NCC3CC3)CC2)no1.Cl. The molecule has 1 aromatic rings. The van der Waals surface area contributed by atoms with Crippen LogP contribution in [0.4, 0.5) is 0 Å². The number of rotatable bonds is 7. The van der Waals surface area contributed by atoms with Crippen LogP contribution >= 0.6 is 12.4 Å². The molecule has 3 rings (SSSR count). The number of hydrogen-bond acceptors (Lipinski definition) is 5. The van der Waals surface area contributed by atoms with E-state index < -0.39 is 0 Å². The van der Waals surface area contributed by atoms with Crippen LogP contribution in [0.2, 0.25) is 0 Å². The Balaban J connectivity index is 0.00000161. The number of nitrogens with one attached hydrogen (secondary N) is 1. The zero-order valence-corrected chi connectivity index (χ0v) is 13.7. The summed E-state index contributed by atoms with van der Waals surface area (Å²) in [5.74, 6) is 2.60. The Bertz CT molecular complexity index is 414. The van der Waals surface area contributed by atoms with E-state index in [2.05, 4.69) is 27.3 Å². The molecular formula is C15H27ClN4O. The highest BCUT2D eigenvalue weighted by Gasteiger charge is 2.24. The summed E-state index contributed by atoms with van der Waals surface area (Å²) in [6, 6.07) is 0.716. The molecule has 0 unspecified atom stereocenters. The van der Waals surface area contributed by atoms with Gasteiger partial charge in [-0.1, -0.05) is 12.1 Å². The van der Waals surface area contributed by atoms with Crippen molar-refractivity contribution in [3.05, 3.63) is 11.7 Å². The fourth-order valence-corrected chi connectivity index (χ4v) is 2.82. The number of likely N-dealkylation sites (tertiary alicyclic amines) is 1. The second kappa shape index (κ2) is 8.11. The third kappa shape index (κ3) is 5.24. The maximum atomic E-state index is 5.24. The summed E-state index contributed by atoms with van der Waals surface area (Å²) in [6.45, 7) is 6.47. The van der Waals surface area contributed by atoms with Crippen molar-refractivity contribution in [3.8, 4) is 0 Å². The van der Waals surface area contributed by atoms with Crippen molar-refractivity contribution in [1.82, 2.24) is 20.4 Å². The quantitative estimate of drug-likeness (QED) is 0.837. The van der Waals surface area contributed by atoms with E-state index in [1.54, 1.807) is 0 Å². The molecular weight excluding hydrogens is 288 g/mol. The van der Waals surface area contributed by atoms with Crippen LogP contribution in [0.25, 0.3) is 0 Å². The molecule has 5 nitrogen and oxygen atoms in total. The van der Waals surface area contributed by atoms with Gasteiger partial charge in [-0.25, -0.2) is 0 Å². The largest absolute Gasteiger partial charge is 0.339 e. The Labute approximate surface area is 133 Å². The van der Waals surface area contributed by atoms with Crippen molar-refractivity contribution in [2.75, 3.05) is 19.6 Å². The van der Waals surface area contributed by atoms with Gasteiger partial charge in [0, 0.05) is 25.6 Å². The summed E-state index contributed by atoms with van der Waals surface area (Å²) in [5.41, 5.74) is 0. The molecule has 1 saturated heterocycles. The molecule has 1 aromatic heterocycles. The summed E-state index contributed by atoms with van der Waals surface area (Å²) in [7, 11) is 0. The first-order chi connectivity index (χ1) is 9.83. The van der Waals surface area contributed by atoms with Gasteiger partial charge in [0.1, 0.15) is 0 Å². The Hall–Kier alpha value is -0.650. The van der Waals surface area contributed by atoms with E-state index in [-0.39, 0.29) is 12.4 Å². The minimum atomic E-state index is 0. The smallest absolute Gasteiger partial charge is 0.226 e. The van der Waals surface area contributed by atoms with Crippen LogP contribution in [0.3, 0.4) is 0 Å². The van der Waals surface area contributed by atoms with Gasteiger partial charge in [-0.05, 0) is 44.6 Å². The van der Waals surface area contributed by atoms with E-state index >= 15 is 0 Å². The number of halogens is 1. The molecule has 120 valence electrons. The average Bonchev–Trinajstić information content (AvgIpc) is 3.19. The van der Waals surface area contributed by atoms with Gasteiger partial charge in [-0.2, -0.15) is 4.98 Å². The summed E-state index contributed by atoms with van der Waals surface area (Å²) in [5, 5.41) is 7.78. The van der Waals surface area contributed by atoms with Crippen LogP contribution in [0, 0.1) is 5.92 Å². The third-order valence-corrected chi connectivity index (χ3v) is 4.32. The van der Waals surface area contributed by atoms with Gasteiger partial charge in [0.15, 0.2) is 5.82 Å². The standard InChI is InChI=1S/C15H26N4O.ClH/c1-2-3-15-17-14(18-20-15)11-19-8-6-13(7-9-19)16-10-12-4-5-12;/h12-13,16H,2-11H2,1H3;1H. The van der Waals surface area contributed by atoms with E-state index in [0.717, 1.165) is 50.1 Å². The van der Waals surface area contributed by atoms with Crippen LogP contribution in [0.1, 0.15) is 50.7 Å². The molecule has 1 saturated carbocycles. The van der Waals surface area contributed by atoms with Gasteiger partial charge >= 0.3 is 0 Å². The minimum Gasteiger partial charge on any atom is -0.339 e. The lowest BCUT2D eigenvalue weighted by molar-refractivity contribution is 0.184. The molecule has 21 heavy (non-hydrogen) atoms. The highest BCUT2D eigenvalue weighted by Crippen LogP contribution is 2.28. The second-order valence-electron chi connectivity index (χ2n) is 6.26. The molecule has 0 spiro atoms. The zero-order chi connectivity index (χ0) is 13.8. The van der Waals surface area contributed by atoms with Crippen LogP contribution in [-0.2, 0) is 13.0 Å². The maximum absolute atomic E-state index is 5.24. The number of hydrogen-bond donors (Lipinski definition) is 1. The van der Waals surface area contributed by atoms with Gasteiger partial charge in [0.2, 0.25) is 5.89 Å². The Morgan fingerprint density at radius 3 is 2.67 bits per heavy atom. The lowest BCUT2D eigenvalue weighted by Crippen LogP contribution is -2.42. The molecule has 0 aromatic carbocycles. The number of aromatic nitrogens is 2. The summed E-state index contributed by atoms with van der Waals surface area (Å²) >= 11 is 0. The van der Waals surface area contributed by atoms with Gasteiger partial charge < -0.3 is 9.84 Å². The summed E-state index contributed by atoms with van der Waals surface area (Å²) in [4.78, 5) is 6.89. The van der Waals surface area contributed by atoms with E-state index in [0.29, 0.717) is 6.04 Å². The lowest BCUT2D eigenvalue weighted by Gasteiger charge is -2.31. The van der Waals surface area contributed by atoms with Crippen LogP contribution in [0.15, 0.2) is 4.52 Å². The van der Waals surface area contributed by atoms with Crippen LogP contribution < -0.4 is 5.32 Å². The van der Waals surface area contributed by atoms with Crippen molar-refractivity contribution in [2.24, 2.45) is 5.92 Å². The number of aryl methyl sites for hydroxylation is 1. The molecule has 1 N–H and O–H groups in total. The van der Waals surface area contributed by atoms with Crippen LogP contribution in [0.5, 0.6) is 0 Å². The molecule has 2 fully saturated rings. The van der Waals surface area contributed by atoms with Gasteiger partial charge in [0.25, 0.3) is 0 Å². The predicted octanol–water partition coefficient (Wildman–Crippen LogP) is 2.41. The molecule has 0 amide bonds. The summed E-state index contributed by atoms with van der Waals surface area (Å²) < 4.78 is 5.24. The topological polar surface area (TPSA) is 54.2 Å². The van der Waals surface area contributed by atoms with E-state index in [4.69, 9.17) is 4.52 Å². The van der Waals surface area contributed by atoms with Crippen molar-refractivity contribution >= 4 is 12.4 Å². The fourth-order valence-electron chi connectivity index (χ4n) is 2.82. The highest BCUT2D eigenvalue weighted by molar-refractivity contribution is 5.85. The Morgan fingerprint density at radius 2 is 2.00 bits per heavy atom. The van der Waals surface area contributed by atoms with Gasteiger partial charge in [-0.3, -0.25) is 4.90 Å². The molecule has 2 heterocycles. The number of nitrogens with zero attached hydrogens (tertiary/aromatic N) is 3. The van der Waals surface area contributed by atoms with Gasteiger partial charge in [0.05, 0.1) is 6.54 Å². The first-order valence-electron chi connectivity index (χ1n) is 8.10. The van der Waals surface area contributed by atoms with E-state index in [1.165, 1.54) is 32.2 Å². The molecule has 0 bridgehead atoms. The molecule has 0 radical (unpaired) electrons. The molecule has 0 atom stereocenters.